The van der Waals surface area contributed by atoms with Crippen molar-refractivity contribution in [2.24, 2.45) is 11.8 Å². The number of rotatable bonds is 1. The summed E-state index contributed by atoms with van der Waals surface area (Å²) in [5.41, 5.74) is 0.0114. The second-order valence-corrected chi connectivity index (χ2v) is 5.97. The number of aromatic nitrogens is 1. The molecule has 3 nitrogen and oxygen atoms in total. The van der Waals surface area contributed by atoms with Crippen LogP contribution in [0.4, 0.5) is 13.2 Å². The average molecular weight is 296 g/mol. The molecule has 2 aromatic rings. The lowest BCUT2D eigenvalue weighted by atomic mass is 9.94. The summed E-state index contributed by atoms with van der Waals surface area (Å²) in [5.74, 6) is 1.68. The predicted molar refractivity (Wildman–Crippen MR) is 70.6 cm³/mol. The van der Waals surface area contributed by atoms with Crippen molar-refractivity contribution in [2.75, 3.05) is 6.54 Å². The van der Waals surface area contributed by atoms with E-state index in [0.717, 1.165) is 25.1 Å². The van der Waals surface area contributed by atoms with E-state index >= 15 is 0 Å². The quantitative estimate of drug-likeness (QED) is 0.867. The molecule has 2 heterocycles. The molecule has 0 radical (unpaired) electrons. The van der Waals surface area contributed by atoms with Crippen LogP contribution < -0.4 is 5.32 Å². The van der Waals surface area contributed by atoms with E-state index in [9.17, 15) is 13.2 Å². The second-order valence-electron chi connectivity index (χ2n) is 5.97. The normalized spacial score (nSPS) is 29.2. The van der Waals surface area contributed by atoms with Gasteiger partial charge in [0.15, 0.2) is 5.58 Å². The van der Waals surface area contributed by atoms with Crippen molar-refractivity contribution < 1.29 is 17.6 Å². The van der Waals surface area contributed by atoms with Crippen LogP contribution in [0.25, 0.3) is 11.1 Å². The van der Waals surface area contributed by atoms with E-state index < -0.39 is 11.7 Å². The molecular formula is C15H15F3N2O. The Kier molecular flexibility index (Phi) is 2.79. The minimum absolute atomic E-state index is 0.0410. The Morgan fingerprint density at radius 3 is 2.90 bits per heavy atom. The highest BCUT2D eigenvalue weighted by Gasteiger charge is 2.42. The van der Waals surface area contributed by atoms with Crippen LogP contribution in [0.2, 0.25) is 0 Å². The number of alkyl halides is 3. The predicted octanol–water partition coefficient (Wildman–Crippen LogP) is 3.91. The Morgan fingerprint density at radius 2 is 2.10 bits per heavy atom. The molecule has 0 spiro atoms. The molecule has 1 N–H and O–H groups in total. The fraction of sp³-hybridized carbons (Fsp3) is 0.533. The number of nitrogens with zero attached hydrogens (tertiary/aromatic N) is 1. The van der Waals surface area contributed by atoms with Crippen LogP contribution in [0.3, 0.4) is 0 Å². The van der Waals surface area contributed by atoms with Crippen molar-refractivity contribution in [1.82, 2.24) is 10.3 Å². The summed E-state index contributed by atoms with van der Waals surface area (Å²) < 4.78 is 43.9. The molecule has 2 aliphatic rings. The minimum Gasteiger partial charge on any atom is -0.439 e. The number of benzene rings is 1. The fourth-order valence-corrected chi connectivity index (χ4v) is 3.71. The summed E-state index contributed by atoms with van der Waals surface area (Å²) in [5, 5.41) is 3.40. The van der Waals surface area contributed by atoms with Gasteiger partial charge < -0.3 is 9.73 Å². The van der Waals surface area contributed by atoms with Gasteiger partial charge >= 0.3 is 6.18 Å². The molecule has 1 saturated heterocycles. The lowest BCUT2D eigenvalue weighted by Gasteiger charge is -2.13. The second kappa shape index (κ2) is 4.47. The van der Waals surface area contributed by atoms with Gasteiger partial charge in [-0.3, -0.25) is 0 Å². The zero-order valence-corrected chi connectivity index (χ0v) is 11.3. The van der Waals surface area contributed by atoms with Gasteiger partial charge in [-0.25, -0.2) is 4.98 Å². The highest BCUT2D eigenvalue weighted by Crippen LogP contribution is 2.44. The average Bonchev–Trinajstić information content (AvgIpc) is 3.10. The Labute approximate surface area is 119 Å². The van der Waals surface area contributed by atoms with Gasteiger partial charge in [0.25, 0.3) is 0 Å². The standard InChI is InChI=1S/C15H15F3N2O/c16-15(17,18)9-4-5-12-11(6-9)20-14(21-12)13-10-3-1-2-8(10)7-19-13/h4-6,8,10,13,19H,1-3,7H2. The molecule has 3 atom stereocenters. The van der Waals surface area contributed by atoms with E-state index in [1.54, 1.807) is 0 Å². The SMILES string of the molecule is FC(F)(F)c1ccc2oc(C3NCC4CCCC43)nc2c1. The maximum Gasteiger partial charge on any atom is 0.416 e. The molecule has 6 heteroatoms. The molecule has 1 aliphatic carbocycles. The van der Waals surface area contributed by atoms with Gasteiger partial charge in [0, 0.05) is 0 Å². The summed E-state index contributed by atoms with van der Waals surface area (Å²) in [7, 11) is 0. The van der Waals surface area contributed by atoms with Crippen LogP contribution >= 0.6 is 0 Å². The van der Waals surface area contributed by atoms with Gasteiger partial charge in [-0.2, -0.15) is 13.2 Å². The van der Waals surface area contributed by atoms with Gasteiger partial charge in [-0.05, 0) is 49.4 Å². The molecule has 1 aromatic carbocycles. The van der Waals surface area contributed by atoms with E-state index in [-0.39, 0.29) is 11.6 Å². The molecule has 1 aliphatic heterocycles. The molecule has 0 amide bonds. The summed E-state index contributed by atoms with van der Waals surface area (Å²) in [6.45, 7) is 0.946. The number of hydrogen-bond acceptors (Lipinski definition) is 3. The molecule has 3 unspecified atom stereocenters. The number of fused-ring (bicyclic) bond motifs is 2. The van der Waals surface area contributed by atoms with Crippen molar-refractivity contribution in [1.29, 1.82) is 0 Å². The van der Waals surface area contributed by atoms with Crippen LogP contribution in [-0.2, 0) is 6.18 Å². The molecule has 112 valence electrons. The first kappa shape index (κ1) is 13.1. The Balaban J connectivity index is 1.71. The Bertz CT molecular complexity index is 679. The Hall–Kier alpha value is -1.56. The number of halogens is 3. The largest absolute Gasteiger partial charge is 0.439 e. The number of nitrogens with one attached hydrogen (secondary N) is 1. The fourth-order valence-electron chi connectivity index (χ4n) is 3.71. The number of hydrogen-bond donors (Lipinski definition) is 1. The molecule has 1 aromatic heterocycles. The van der Waals surface area contributed by atoms with Gasteiger partial charge in [0.05, 0.1) is 11.6 Å². The summed E-state index contributed by atoms with van der Waals surface area (Å²) >= 11 is 0. The molecule has 4 rings (SSSR count). The summed E-state index contributed by atoms with van der Waals surface area (Å²) in [6, 6.07) is 3.50. The van der Waals surface area contributed by atoms with Crippen LogP contribution in [-0.4, -0.2) is 11.5 Å². The topological polar surface area (TPSA) is 38.1 Å². The van der Waals surface area contributed by atoms with Crippen LogP contribution in [0.5, 0.6) is 0 Å². The van der Waals surface area contributed by atoms with Crippen molar-refractivity contribution in [3.8, 4) is 0 Å². The first-order valence-corrected chi connectivity index (χ1v) is 7.23. The van der Waals surface area contributed by atoms with Crippen LogP contribution in [0.1, 0.15) is 36.8 Å². The van der Waals surface area contributed by atoms with Crippen molar-refractivity contribution in [3.63, 3.8) is 0 Å². The first-order chi connectivity index (χ1) is 10.0. The number of oxazole rings is 1. The summed E-state index contributed by atoms with van der Waals surface area (Å²) in [4.78, 5) is 4.30. The highest BCUT2D eigenvalue weighted by atomic mass is 19.4. The van der Waals surface area contributed by atoms with Gasteiger partial charge in [-0.1, -0.05) is 6.42 Å². The zero-order chi connectivity index (χ0) is 14.6. The zero-order valence-electron chi connectivity index (χ0n) is 11.3. The molecule has 0 bridgehead atoms. The van der Waals surface area contributed by atoms with E-state index in [1.165, 1.54) is 18.9 Å². The third-order valence-electron chi connectivity index (χ3n) is 4.74. The van der Waals surface area contributed by atoms with Gasteiger partial charge in [-0.15, -0.1) is 0 Å². The summed E-state index contributed by atoms with van der Waals surface area (Å²) in [6.07, 6.45) is -0.789. The maximum absolute atomic E-state index is 12.7. The molecule has 2 fully saturated rings. The van der Waals surface area contributed by atoms with Crippen LogP contribution in [0, 0.1) is 11.8 Å². The van der Waals surface area contributed by atoms with Gasteiger partial charge in [0.1, 0.15) is 5.52 Å². The van der Waals surface area contributed by atoms with Gasteiger partial charge in [0.2, 0.25) is 5.89 Å². The molecular weight excluding hydrogens is 281 g/mol. The third-order valence-corrected chi connectivity index (χ3v) is 4.74. The van der Waals surface area contributed by atoms with Crippen molar-refractivity contribution >= 4 is 11.1 Å². The smallest absolute Gasteiger partial charge is 0.416 e. The van der Waals surface area contributed by atoms with E-state index in [0.29, 0.717) is 23.3 Å². The van der Waals surface area contributed by atoms with Crippen molar-refractivity contribution in [3.05, 3.63) is 29.7 Å². The first-order valence-electron chi connectivity index (χ1n) is 7.23. The highest BCUT2D eigenvalue weighted by molar-refractivity contribution is 5.73. The molecule has 21 heavy (non-hydrogen) atoms. The van der Waals surface area contributed by atoms with E-state index in [4.69, 9.17) is 4.42 Å². The maximum atomic E-state index is 12.7. The third kappa shape index (κ3) is 2.12. The van der Waals surface area contributed by atoms with Crippen molar-refractivity contribution in [2.45, 2.75) is 31.5 Å². The minimum atomic E-state index is -4.35. The van der Waals surface area contributed by atoms with Crippen LogP contribution in [0.15, 0.2) is 22.6 Å². The lowest BCUT2D eigenvalue weighted by molar-refractivity contribution is -0.137. The monoisotopic (exact) mass is 296 g/mol. The van der Waals surface area contributed by atoms with E-state index in [1.807, 2.05) is 0 Å². The Morgan fingerprint density at radius 1 is 1.24 bits per heavy atom. The molecule has 1 saturated carbocycles. The lowest BCUT2D eigenvalue weighted by Crippen LogP contribution is -2.17. The van der Waals surface area contributed by atoms with E-state index in [2.05, 4.69) is 10.3 Å².